The van der Waals surface area contributed by atoms with Gasteiger partial charge in [-0.3, -0.25) is 14.9 Å². The molecule has 0 saturated heterocycles. The molecule has 0 spiro atoms. The quantitative estimate of drug-likeness (QED) is 0.324. The highest BCUT2D eigenvalue weighted by Gasteiger charge is 2.20. The smallest absolute Gasteiger partial charge is 0.289 e. The number of nitro groups is 1. The van der Waals surface area contributed by atoms with E-state index in [4.69, 9.17) is 16.6 Å². The standard InChI is InChI=1S/C23H16ClN3O3/c1-14-21(23(28)25-16-11-12-18(24)20(13-16)27(29)30)17-9-5-6-10-19(17)26-22(14)15-7-3-2-4-8-15/h2-13H,1H3,(H,25,28). The Morgan fingerprint density at radius 1 is 1.03 bits per heavy atom. The SMILES string of the molecule is Cc1c(-c2ccccc2)nc2ccccc2c1C(=O)Nc1ccc(Cl)c([N+](=O)[O-])c1. The van der Waals surface area contributed by atoms with Crippen LogP contribution in [0.4, 0.5) is 11.4 Å². The first kappa shape index (κ1) is 19.5. The maximum atomic E-state index is 13.3. The summed E-state index contributed by atoms with van der Waals surface area (Å²) in [5.41, 5.74) is 3.51. The number of nitrogens with one attached hydrogen (secondary N) is 1. The summed E-state index contributed by atoms with van der Waals surface area (Å²) in [7, 11) is 0. The van der Waals surface area contributed by atoms with Crippen molar-refractivity contribution in [3.8, 4) is 11.3 Å². The van der Waals surface area contributed by atoms with Gasteiger partial charge < -0.3 is 5.32 Å². The molecule has 1 amide bonds. The number of carbonyl (C=O) groups is 1. The minimum absolute atomic E-state index is 0.00917. The molecular weight excluding hydrogens is 402 g/mol. The average molecular weight is 418 g/mol. The van der Waals surface area contributed by atoms with E-state index in [1.807, 2.05) is 61.5 Å². The van der Waals surface area contributed by atoms with Crippen LogP contribution in [-0.4, -0.2) is 15.8 Å². The number of anilines is 1. The summed E-state index contributed by atoms with van der Waals surface area (Å²) in [6.07, 6.45) is 0. The van der Waals surface area contributed by atoms with Crippen LogP contribution in [0.15, 0.2) is 72.8 Å². The molecule has 0 unspecified atom stereocenters. The number of hydrogen-bond donors (Lipinski definition) is 1. The van der Waals surface area contributed by atoms with Crippen molar-refractivity contribution >= 4 is 39.8 Å². The largest absolute Gasteiger partial charge is 0.322 e. The molecule has 3 aromatic carbocycles. The number of carbonyl (C=O) groups excluding carboxylic acids is 1. The highest BCUT2D eigenvalue weighted by Crippen LogP contribution is 2.31. The second-order valence-electron chi connectivity index (χ2n) is 6.72. The molecule has 0 aliphatic heterocycles. The fourth-order valence-electron chi connectivity index (χ4n) is 3.40. The molecule has 4 aromatic rings. The van der Waals surface area contributed by atoms with Gasteiger partial charge in [0.2, 0.25) is 0 Å². The van der Waals surface area contributed by atoms with E-state index in [9.17, 15) is 14.9 Å². The van der Waals surface area contributed by atoms with E-state index >= 15 is 0 Å². The van der Waals surface area contributed by atoms with E-state index in [1.165, 1.54) is 18.2 Å². The van der Waals surface area contributed by atoms with Crippen molar-refractivity contribution < 1.29 is 9.72 Å². The molecule has 0 radical (unpaired) electrons. The molecular formula is C23H16ClN3O3. The number of nitro benzene ring substituents is 1. The molecule has 0 bridgehead atoms. The van der Waals surface area contributed by atoms with Gasteiger partial charge in [-0.25, -0.2) is 4.98 Å². The zero-order valence-electron chi connectivity index (χ0n) is 15.9. The van der Waals surface area contributed by atoms with Gasteiger partial charge in [-0.1, -0.05) is 60.1 Å². The van der Waals surface area contributed by atoms with Crippen LogP contribution in [0, 0.1) is 17.0 Å². The first-order chi connectivity index (χ1) is 14.5. The molecule has 7 heteroatoms. The van der Waals surface area contributed by atoms with Gasteiger partial charge in [0.05, 0.1) is 21.7 Å². The monoisotopic (exact) mass is 417 g/mol. The van der Waals surface area contributed by atoms with Crippen LogP contribution < -0.4 is 5.32 Å². The third-order valence-corrected chi connectivity index (χ3v) is 5.13. The molecule has 30 heavy (non-hydrogen) atoms. The summed E-state index contributed by atoms with van der Waals surface area (Å²) in [5, 5.41) is 14.6. The lowest BCUT2D eigenvalue weighted by molar-refractivity contribution is -0.384. The van der Waals surface area contributed by atoms with Crippen molar-refractivity contribution in [1.82, 2.24) is 4.98 Å². The highest BCUT2D eigenvalue weighted by atomic mass is 35.5. The van der Waals surface area contributed by atoms with E-state index in [2.05, 4.69) is 5.32 Å². The summed E-state index contributed by atoms with van der Waals surface area (Å²) in [5.74, 6) is -0.375. The van der Waals surface area contributed by atoms with Crippen molar-refractivity contribution in [2.24, 2.45) is 0 Å². The second-order valence-corrected chi connectivity index (χ2v) is 7.13. The Kier molecular flexibility index (Phi) is 5.16. The van der Waals surface area contributed by atoms with Gasteiger partial charge in [0.15, 0.2) is 0 Å². The number of rotatable bonds is 4. The maximum absolute atomic E-state index is 13.3. The highest BCUT2D eigenvalue weighted by molar-refractivity contribution is 6.32. The Balaban J connectivity index is 1.84. The van der Waals surface area contributed by atoms with Gasteiger partial charge in [0.25, 0.3) is 11.6 Å². The van der Waals surface area contributed by atoms with Crippen LogP contribution >= 0.6 is 11.6 Å². The summed E-state index contributed by atoms with van der Waals surface area (Å²) < 4.78 is 0. The molecule has 0 fully saturated rings. The predicted octanol–water partition coefficient (Wildman–Crippen LogP) is 6.02. The Bertz CT molecular complexity index is 1290. The van der Waals surface area contributed by atoms with Crippen LogP contribution in [-0.2, 0) is 0 Å². The minimum atomic E-state index is -0.585. The van der Waals surface area contributed by atoms with E-state index in [-0.39, 0.29) is 22.3 Å². The Labute approximate surface area is 177 Å². The normalized spacial score (nSPS) is 10.7. The van der Waals surface area contributed by atoms with Crippen molar-refractivity contribution in [3.05, 3.63) is 99.1 Å². The predicted molar refractivity (Wildman–Crippen MR) is 118 cm³/mol. The lowest BCUT2D eigenvalue weighted by Crippen LogP contribution is -2.15. The third-order valence-electron chi connectivity index (χ3n) is 4.81. The van der Waals surface area contributed by atoms with E-state index < -0.39 is 4.92 Å². The van der Waals surface area contributed by atoms with Crippen LogP contribution in [0.2, 0.25) is 5.02 Å². The summed E-state index contributed by atoms with van der Waals surface area (Å²) in [6.45, 7) is 1.85. The lowest BCUT2D eigenvalue weighted by atomic mass is 9.97. The Hall–Kier alpha value is -3.77. The number of nitrogens with zero attached hydrogens (tertiary/aromatic N) is 2. The number of para-hydroxylation sites is 1. The first-order valence-electron chi connectivity index (χ1n) is 9.16. The number of benzene rings is 3. The zero-order chi connectivity index (χ0) is 21.3. The number of pyridine rings is 1. The molecule has 0 atom stereocenters. The average Bonchev–Trinajstić information content (AvgIpc) is 2.75. The minimum Gasteiger partial charge on any atom is -0.322 e. The number of aromatic nitrogens is 1. The molecule has 1 aromatic heterocycles. The van der Waals surface area contributed by atoms with Gasteiger partial charge >= 0.3 is 0 Å². The fourth-order valence-corrected chi connectivity index (χ4v) is 3.59. The van der Waals surface area contributed by atoms with Gasteiger partial charge in [-0.15, -0.1) is 0 Å². The molecule has 0 aliphatic rings. The summed E-state index contributed by atoms with van der Waals surface area (Å²) >= 11 is 5.87. The van der Waals surface area contributed by atoms with Crippen LogP contribution in [0.25, 0.3) is 22.2 Å². The molecule has 148 valence electrons. The van der Waals surface area contributed by atoms with Crippen molar-refractivity contribution in [1.29, 1.82) is 0 Å². The van der Waals surface area contributed by atoms with Crippen molar-refractivity contribution in [3.63, 3.8) is 0 Å². The van der Waals surface area contributed by atoms with Crippen LogP contribution in [0.1, 0.15) is 15.9 Å². The van der Waals surface area contributed by atoms with E-state index in [0.717, 1.165) is 11.1 Å². The topological polar surface area (TPSA) is 85.1 Å². The molecule has 6 nitrogen and oxygen atoms in total. The van der Waals surface area contributed by atoms with Crippen molar-refractivity contribution in [2.75, 3.05) is 5.32 Å². The van der Waals surface area contributed by atoms with Gasteiger partial charge in [0, 0.05) is 22.7 Å². The van der Waals surface area contributed by atoms with Crippen molar-refractivity contribution in [2.45, 2.75) is 6.92 Å². The third kappa shape index (κ3) is 3.60. The molecule has 1 N–H and O–H groups in total. The number of halogens is 1. The first-order valence-corrected chi connectivity index (χ1v) is 9.53. The molecule has 0 saturated carbocycles. The second kappa shape index (κ2) is 7.93. The van der Waals surface area contributed by atoms with Crippen LogP contribution in [0.3, 0.4) is 0 Å². The fraction of sp³-hybridized carbons (Fsp3) is 0.0435. The maximum Gasteiger partial charge on any atom is 0.289 e. The number of fused-ring (bicyclic) bond motifs is 1. The van der Waals surface area contributed by atoms with E-state index in [0.29, 0.717) is 22.2 Å². The Morgan fingerprint density at radius 3 is 2.47 bits per heavy atom. The summed E-state index contributed by atoms with van der Waals surface area (Å²) in [4.78, 5) is 28.6. The van der Waals surface area contributed by atoms with Gasteiger partial charge in [-0.2, -0.15) is 0 Å². The van der Waals surface area contributed by atoms with Crippen LogP contribution in [0.5, 0.6) is 0 Å². The van der Waals surface area contributed by atoms with E-state index in [1.54, 1.807) is 0 Å². The number of amides is 1. The Morgan fingerprint density at radius 2 is 1.73 bits per heavy atom. The lowest BCUT2D eigenvalue weighted by Gasteiger charge is -2.15. The molecule has 0 aliphatic carbocycles. The summed E-state index contributed by atoms with van der Waals surface area (Å²) in [6, 6.07) is 21.2. The molecule has 4 rings (SSSR count). The number of hydrogen-bond acceptors (Lipinski definition) is 4. The molecule has 1 heterocycles. The van der Waals surface area contributed by atoms with Gasteiger partial charge in [0.1, 0.15) is 5.02 Å². The van der Waals surface area contributed by atoms with Gasteiger partial charge in [-0.05, 0) is 30.7 Å². The zero-order valence-corrected chi connectivity index (χ0v) is 16.7.